The molecule has 0 aliphatic carbocycles. The van der Waals surface area contributed by atoms with Gasteiger partial charge in [0.25, 0.3) is 0 Å². The molecule has 4 aromatic rings. The van der Waals surface area contributed by atoms with Crippen LogP contribution >= 0.6 is 11.3 Å². The van der Waals surface area contributed by atoms with Gasteiger partial charge < -0.3 is 4.74 Å². The maximum Gasteiger partial charge on any atom is 0.147 e. The molecule has 1 aliphatic rings. The molecule has 1 fully saturated rings. The molecule has 0 radical (unpaired) electrons. The lowest BCUT2D eigenvalue weighted by atomic mass is 9.99. The fourth-order valence-electron chi connectivity index (χ4n) is 3.40. The molecule has 1 saturated heterocycles. The van der Waals surface area contributed by atoms with Gasteiger partial charge in [0, 0.05) is 42.7 Å². The first-order valence-corrected chi connectivity index (χ1v) is 10.9. The number of rotatable bonds is 2. The Bertz CT molecular complexity index is 1180. The van der Waals surface area contributed by atoms with E-state index in [0.29, 0.717) is 30.2 Å². The van der Waals surface area contributed by atoms with E-state index in [1.54, 1.807) is 6.20 Å². The Balaban J connectivity index is 0.000000282. The van der Waals surface area contributed by atoms with Gasteiger partial charge in [0.05, 0.1) is 5.01 Å². The minimum absolute atomic E-state index is 0.188. The zero-order chi connectivity index (χ0) is 21.8. The van der Waals surface area contributed by atoms with Gasteiger partial charge in [-0.05, 0) is 51.0 Å². The van der Waals surface area contributed by atoms with Crippen LogP contribution in [-0.2, 0) is 4.74 Å². The second-order valence-corrected chi connectivity index (χ2v) is 8.48. The van der Waals surface area contributed by atoms with E-state index in [2.05, 4.69) is 19.9 Å². The summed E-state index contributed by atoms with van der Waals surface area (Å²) in [5.74, 6) is -0.375. The van der Waals surface area contributed by atoms with E-state index in [1.165, 1.54) is 23.5 Å². The van der Waals surface area contributed by atoms with Gasteiger partial charge in [0.1, 0.15) is 33.5 Å². The van der Waals surface area contributed by atoms with Crippen LogP contribution in [-0.4, -0.2) is 33.1 Å². The van der Waals surface area contributed by atoms with Crippen molar-refractivity contribution < 1.29 is 13.5 Å². The quantitative estimate of drug-likeness (QED) is 0.405. The molecule has 3 aromatic heterocycles. The molecule has 31 heavy (non-hydrogen) atoms. The molecular formula is C23H22F2N4OS. The molecular weight excluding hydrogens is 418 g/mol. The Morgan fingerprint density at radius 2 is 1.81 bits per heavy atom. The normalized spacial score (nSPS) is 14.3. The van der Waals surface area contributed by atoms with Crippen LogP contribution in [0.2, 0.25) is 0 Å². The lowest BCUT2D eigenvalue weighted by molar-refractivity contribution is 0.0837. The number of halogens is 2. The predicted molar refractivity (Wildman–Crippen MR) is 117 cm³/mol. The number of aryl methyl sites for hydroxylation is 2. The van der Waals surface area contributed by atoms with E-state index in [0.717, 1.165) is 34.4 Å². The summed E-state index contributed by atoms with van der Waals surface area (Å²) < 4.78 is 32.9. The molecule has 0 amide bonds. The third kappa shape index (κ3) is 5.08. The van der Waals surface area contributed by atoms with Crippen molar-refractivity contribution in [2.75, 3.05) is 13.2 Å². The molecule has 1 aliphatic heterocycles. The number of ether oxygens (including phenoxy) is 1. The van der Waals surface area contributed by atoms with Crippen molar-refractivity contribution in [3.63, 3.8) is 0 Å². The Kier molecular flexibility index (Phi) is 6.58. The average molecular weight is 441 g/mol. The Morgan fingerprint density at radius 3 is 2.45 bits per heavy atom. The lowest BCUT2D eigenvalue weighted by Crippen LogP contribution is -2.16. The van der Waals surface area contributed by atoms with E-state index in [4.69, 9.17) is 4.74 Å². The second kappa shape index (κ2) is 9.53. The van der Waals surface area contributed by atoms with Gasteiger partial charge in [-0.25, -0.2) is 23.7 Å². The SMILES string of the molecule is Cc1ccccn1.Cc1nc2c(-c3ccc(F)cc3F)nc(C3CCOCC3)nc2s1. The highest BCUT2D eigenvalue weighted by atomic mass is 32.1. The Labute approximate surface area is 183 Å². The highest BCUT2D eigenvalue weighted by Gasteiger charge is 2.23. The van der Waals surface area contributed by atoms with Crippen molar-refractivity contribution in [2.45, 2.75) is 32.6 Å². The third-order valence-corrected chi connectivity index (χ3v) is 5.83. The Hall–Kier alpha value is -2.84. The number of thiazole rings is 1. The van der Waals surface area contributed by atoms with Crippen molar-refractivity contribution in [3.8, 4) is 11.3 Å². The van der Waals surface area contributed by atoms with Crippen LogP contribution in [0.4, 0.5) is 8.78 Å². The smallest absolute Gasteiger partial charge is 0.147 e. The summed E-state index contributed by atoms with van der Waals surface area (Å²) in [6, 6.07) is 9.38. The van der Waals surface area contributed by atoms with Gasteiger partial charge in [-0.1, -0.05) is 17.4 Å². The topological polar surface area (TPSA) is 60.8 Å². The third-order valence-electron chi connectivity index (χ3n) is 4.97. The van der Waals surface area contributed by atoms with E-state index in [-0.39, 0.29) is 11.5 Å². The van der Waals surface area contributed by atoms with Crippen LogP contribution in [0.3, 0.4) is 0 Å². The maximum absolute atomic E-state index is 14.3. The molecule has 1 aromatic carbocycles. The van der Waals surface area contributed by atoms with Crippen LogP contribution in [0.5, 0.6) is 0 Å². The molecule has 160 valence electrons. The fourth-order valence-corrected chi connectivity index (χ4v) is 4.19. The number of aromatic nitrogens is 4. The van der Waals surface area contributed by atoms with Crippen molar-refractivity contribution in [1.29, 1.82) is 0 Å². The summed E-state index contributed by atoms with van der Waals surface area (Å²) in [4.78, 5) is 18.4. The van der Waals surface area contributed by atoms with Crippen molar-refractivity contribution >= 4 is 21.7 Å². The van der Waals surface area contributed by atoms with E-state index >= 15 is 0 Å². The number of hydrogen-bond acceptors (Lipinski definition) is 6. The number of nitrogens with zero attached hydrogens (tertiary/aromatic N) is 4. The highest BCUT2D eigenvalue weighted by Crippen LogP contribution is 2.34. The van der Waals surface area contributed by atoms with Crippen LogP contribution in [0, 0.1) is 25.5 Å². The van der Waals surface area contributed by atoms with Crippen LogP contribution < -0.4 is 0 Å². The fraction of sp³-hybridized carbons (Fsp3) is 0.304. The van der Waals surface area contributed by atoms with E-state index in [1.807, 2.05) is 32.0 Å². The Morgan fingerprint density at radius 1 is 1.00 bits per heavy atom. The molecule has 0 spiro atoms. The van der Waals surface area contributed by atoms with E-state index < -0.39 is 11.6 Å². The minimum atomic E-state index is -0.640. The molecule has 5 rings (SSSR count). The molecule has 0 atom stereocenters. The lowest BCUT2D eigenvalue weighted by Gasteiger charge is -2.21. The van der Waals surface area contributed by atoms with E-state index in [9.17, 15) is 8.78 Å². The summed E-state index contributed by atoms with van der Waals surface area (Å²) in [7, 11) is 0. The zero-order valence-electron chi connectivity index (χ0n) is 17.3. The average Bonchev–Trinajstić information content (AvgIpc) is 3.15. The summed E-state index contributed by atoms with van der Waals surface area (Å²) in [5, 5.41) is 0.840. The minimum Gasteiger partial charge on any atom is -0.381 e. The standard InChI is InChI=1S/C17H15F2N3OS.C6H7N/c1-9-20-15-14(12-3-2-11(18)8-13(12)19)21-16(22-17(15)24-9)10-4-6-23-7-5-10;1-6-4-2-3-5-7-6/h2-3,8,10H,4-7H2,1H3;2-5H,1H3. The van der Waals surface area contributed by atoms with Gasteiger partial charge in [-0.3, -0.25) is 4.98 Å². The maximum atomic E-state index is 14.3. The second-order valence-electron chi connectivity index (χ2n) is 7.30. The number of hydrogen-bond donors (Lipinski definition) is 0. The van der Waals surface area contributed by atoms with Crippen LogP contribution in [0.1, 0.15) is 35.3 Å². The molecule has 4 heterocycles. The van der Waals surface area contributed by atoms with Crippen LogP contribution in [0.25, 0.3) is 21.6 Å². The van der Waals surface area contributed by atoms with Crippen molar-refractivity contribution in [3.05, 3.63) is 70.8 Å². The number of benzene rings is 1. The monoisotopic (exact) mass is 440 g/mol. The van der Waals surface area contributed by atoms with Gasteiger partial charge in [0.15, 0.2) is 0 Å². The molecule has 0 N–H and O–H groups in total. The summed E-state index contributed by atoms with van der Waals surface area (Å²) >= 11 is 1.46. The van der Waals surface area contributed by atoms with Crippen molar-refractivity contribution in [1.82, 2.24) is 19.9 Å². The van der Waals surface area contributed by atoms with Crippen molar-refractivity contribution in [2.24, 2.45) is 0 Å². The molecule has 0 unspecified atom stereocenters. The summed E-state index contributed by atoms with van der Waals surface area (Å²) in [6.07, 6.45) is 3.47. The van der Waals surface area contributed by atoms with Gasteiger partial charge in [-0.2, -0.15) is 0 Å². The molecule has 0 bridgehead atoms. The van der Waals surface area contributed by atoms with Gasteiger partial charge in [0.2, 0.25) is 0 Å². The van der Waals surface area contributed by atoms with Gasteiger partial charge >= 0.3 is 0 Å². The molecule has 0 saturated carbocycles. The highest BCUT2D eigenvalue weighted by molar-refractivity contribution is 7.18. The largest absolute Gasteiger partial charge is 0.381 e. The molecule has 5 nitrogen and oxygen atoms in total. The number of pyridine rings is 1. The summed E-state index contributed by atoms with van der Waals surface area (Å²) in [5.41, 5.74) is 2.33. The van der Waals surface area contributed by atoms with Gasteiger partial charge in [-0.15, -0.1) is 0 Å². The first-order chi connectivity index (χ1) is 15.0. The predicted octanol–water partition coefficient (Wildman–Crippen LogP) is 5.62. The first-order valence-electron chi connectivity index (χ1n) is 10.1. The first kappa shape index (κ1) is 21.4. The van der Waals surface area contributed by atoms with Crippen LogP contribution in [0.15, 0.2) is 42.6 Å². The zero-order valence-corrected chi connectivity index (χ0v) is 18.1. The molecule has 8 heteroatoms. The number of fused-ring (bicyclic) bond motifs is 1. The summed E-state index contributed by atoms with van der Waals surface area (Å²) in [6.45, 7) is 5.20.